The summed E-state index contributed by atoms with van der Waals surface area (Å²) in [5.41, 5.74) is 1.37. The van der Waals surface area contributed by atoms with E-state index in [0.717, 1.165) is 32.4 Å². The summed E-state index contributed by atoms with van der Waals surface area (Å²) >= 11 is 0. The van der Waals surface area contributed by atoms with Gasteiger partial charge in [0.2, 0.25) is 11.8 Å². The zero-order valence-electron chi connectivity index (χ0n) is 13.2. The third kappa shape index (κ3) is 5.15. The van der Waals surface area contributed by atoms with Gasteiger partial charge in [-0.05, 0) is 37.8 Å². The number of amides is 2. The number of benzene rings is 1. The minimum absolute atomic E-state index is 0.0163. The van der Waals surface area contributed by atoms with Gasteiger partial charge in [0.05, 0.1) is 13.1 Å². The molecule has 0 atom stereocenters. The molecule has 5 heteroatoms. The van der Waals surface area contributed by atoms with Crippen LogP contribution < -0.4 is 10.6 Å². The maximum atomic E-state index is 12.1. The molecule has 0 bridgehead atoms. The predicted octanol–water partition coefficient (Wildman–Crippen LogP) is 0.803. The molecule has 1 saturated heterocycles. The number of likely N-dealkylation sites (tertiary alicyclic amines) is 1. The molecule has 22 heavy (non-hydrogen) atoms. The van der Waals surface area contributed by atoms with Gasteiger partial charge in [0, 0.05) is 13.1 Å². The average molecular weight is 303 g/mol. The Kier molecular flexibility index (Phi) is 6.40. The molecule has 0 unspecified atom stereocenters. The van der Waals surface area contributed by atoms with Crippen LogP contribution >= 0.6 is 0 Å². The lowest BCUT2D eigenvalue weighted by Gasteiger charge is -2.32. The van der Waals surface area contributed by atoms with Crippen molar-refractivity contribution in [1.29, 1.82) is 0 Å². The number of nitrogens with zero attached hydrogens (tertiary/aromatic N) is 1. The number of carbonyl (C=O) groups is 2. The van der Waals surface area contributed by atoms with Crippen LogP contribution in [0, 0.1) is 5.92 Å². The maximum Gasteiger partial charge on any atom is 0.241 e. The monoisotopic (exact) mass is 303 g/mol. The molecule has 0 saturated carbocycles. The highest BCUT2D eigenvalue weighted by molar-refractivity contribution is 5.85. The molecule has 1 heterocycles. The summed E-state index contributed by atoms with van der Waals surface area (Å²) < 4.78 is 0. The molecule has 0 aromatic heterocycles. The summed E-state index contributed by atoms with van der Waals surface area (Å²) in [6, 6.07) is 10.5. The van der Waals surface area contributed by atoms with E-state index in [2.05, 4.69) is 34.9 Å². The summed E-state index contributed by atoms with van der Waals surface area (Å²) in [6.07, 6.45) is 3.15. The number of nitrogens with one attached hydrogen (secondary N) is 2. The van der Waals surface area contributed by atoms with Crippen LogP contribution in [0.1, 0.15) is 18.4 Å². The van der Waals surface area contributed by atoms with E-state index in [-0.39, 0.29) is 24.9 Å². The lowest BCUT2D eigenvalue weighted by molar-refractivity contribution is -0.133. The Morgan fingerprint density at radius 2 is 1.82 bits per heavy atom. The number of piperidine rings is 1. The van der Waals surface area contributed by atoms with Crippen molar-refractivity contribution in [3.63, 3.8) is 0 Å². The molecule has 1 fully saturated rings. The molecule has 1 aliphatic heterocycles. The topological polar surface area (TPSA) is 61.4 Å². The van der Waals surface area contributed by atoms with Crippen molar-refractivity contribution in [1.82, 2.24) is 15.5 Å². The number of rotatable bonds is 6. The molecular weight excluding hydrogens is 278 g/mol. The van der Waals surface area contributed by atoms with Gasteiger partial charge in [-0.25, -0.2) is 0 Å². The first-order valence-corrected chi connectivity index (χ1v) is 7.92. The van der Waals surface area contributed by atoms with Crippen LogP contribution in [0.25, 0.3) is 0 Å². The first-order chi connectivity index (χ1) is 10.7. The number of carbonyl (C=O) groups excluding carboxylic acids is 2. The molecular formula is C17H25N3O2. The van der Waals surface area contributed by atoms with E-state index in [0.29, 0.717) is 5.92 Å². The van der Waals surface area contributed by atoms with Crippen LogP contribution in [0.15, 0.2) is 30.3 Å². The Morgan fingerprint density at radius 3 is 2.45 bits per heavy atom. The molecule has 2 N–H and O–H groups in total. The fraction of sp³-hybridized carbons (Fsp3) is 0.529. The molecule has 1 aliphatic rings. The maximum absolute atomic E-state index is 12.1. The van der Waals surface area contributed by atoms with Crippen molar-refractivity contribution in [3.05, 3.63) is 35.9 Å². The van der Waals surface area contributed by atoms with Crippen molar-refractivity contribution in [3.8, 4) is 0 Å². The first kappa shape index (κ1) is 16.5. The molecule has 120 valence electrons. The van der Waals surface area contributed by atoms with Crippen LogP contribution in [0.5, 0.6) is 0 Å². The minimum atomic E-state index is -0.144. The van der Waals surface area contributed by atoms with Gasteiger partial charge in [0.25, 0.3) is 0 Å². The highest BCUT2D eigenvalue weighted by Gasteiger charge is 2.22. The quantitative estimate of drug-likeness (QED) is 0.817. The number of hydrogen-bond donors (Lipinski definition) is 2. The van der Waals surface area contributed by atoms with E-state index in [1.165, 1.54) is 5.56 Å². The third-order valence-corrected chi connectivity index (χ3v) is 4.11. The van der Waals surface area contributed by atoms with Gasteiger partial charge in [0.15, 0.2) is 0 Å². The largest absolute Gasteiger partial charge is 0.346 e. The van der Waals surface area contributed by atoms with E-state index < -0.39 is 0 Å². The minimum Gasteiger partial charge on any atom is -0.346 e. The summed E-state index contributed by atoms with van der Waals surface area (Å²) in [7, 11) is 1.71. The van der Waals surface area contributed by atoms with Crippen LogP contribution in [-0.4, -0.2) is 49.9 Å². The number of hydrogen-bond acceptors (Lipinski definition) is 3. The Bertz CT molecular complexity index is 482. The van der Waals surface area contributed by atoms with Crippen LogP contribution in [0.4, 0.5) is 0 Å². The second kappa shape index (κ2) is 8.54. The van der Waals surface area contributed by atoms with Gasteiger partial charge in [-0.15, -0.1) is 0 Å². The molecule has 2 amide bonds. The van der Waals surface area contributed by atoms with Gasteiger partial charge in [-0.1, -0.05) is 30.3 Å². The number of likely N-dealkylation sites (N-methyl/N-ethyl adjacent to an activating group) is 1. The zero-order valence-corrected chi connectivity index (χ0v) is 13.2. The van der Waals surface area contributed by atoms with Crippen molar-refractivity contribution >= 4 is 11.8 Å². The summed E-state index contributed by atoms with van der Waals surface area (Å²) in [6.45, 7) is 1.92. The summed E-state index contributed by atoms with van der Waals surface area (Å²) in [5, 5.41) is 5.40. The van der Waals surface area contributed by atoms with Crippen LogP contribution in [0.3, 0.4) is 0 Å². The molecule has 0 radical (unpaired) electrons. The van der Waals surface area contributed by atoms with E-state index in [4.69, 9.17) is 0 Å². The first-order valence-electron chi connectivity index (χ1n) is 7.92. The fourth-order valence-electron chi connectivity index (χ4n) is 2.84. The Hall–Kier alpha value is -1.88. The Morgan fingerprint density at radius 1 is 1.14 bits per heavy atom. The van der Waals surface area contributed by atoms with Crippen molar-refractivity contribution in [2.45, 2.75) is 19.3 Å². The predicted molar refractivity (Wildman–Crippen MR) is 86.4 cm³/mol. The van der Waals surface area contributed by atoms with Gasteiger partial charge in [0.1, 0.15) is 0 Å². The smallest absolute Gasteiger partial charge is 0.241 e. The standard InChI is InChI=1S/C17H25N3O2/c1-18-12-16(21)19-13-17(22)20-9-7-15(8-10-20)11-14-5-3-2-4-6-14/h2-6,15,18H,7-13H2,1H3,(H,19,21). The van der Waals surface area contributed by atoms with Crippen LogP contribution in [-0.2, 0) is 16.0 Å². The molecule has 0 aliphatic carbocycles. The highest BCUT2D eigenvalue weighted by atomic mass is 16.2. The van der Waals surface area contributed by atoms with Crippen molar-refractivity contribution in [2.75, 3.05) is 33.2 Å². The third-order valence-electron chi connectivity index (χ3n) is 4.11. The second-order valence-electron chi connectivity index (χ2n) is 5.82. The highest BCUT2D eigenvalue weighted by Crippen LogP contribution is 2.21. The van der Waals surface area contributed by atoms with Gasteiger partial charge < -0.3 is 15.5 Å². The van der Waals surface area contributed by atoms with E-state index in [1.54, 1.807) is 7.05 Å². The molecule has 1 aromatic rings. The van der Waals surface area contributed by atoms with E-state index in [1.807, 2.05) is 11.0 Å². The lowest BCUT2D eigenvalue weighted by atomic mass is 9.90. The molecule has 0 spiro atoms. The van der Waals surface area contributed by atoms with Crippen LogP contribution in [0.2, 0.25) is 0 Å². The summed E-state index contributed by atoms with van der Waals surface area (Å²) in [4.78, 5) is 25.3. The Labute approximate surface area is 132 Å². The van der Waals surface area contributed by atoms with Gasteiger partial charge >= 0.3 is 0 Å². The second-order valence-corrected chi connectivity index (χ2v) is 5.82. The normalized spacial score (nSPS) is 15.6. The van der Waals surface area contributed by atoms with E-state index >= 15 is 0 Å². The van der Waals surface area contributed by atoms with Gasteiger partial charge in [-0.2, -0.15) is 0 Å². The fourth-order valence-corrected chi connectivity index (χ4v) is 2.84. The Balaban J connectivity index is 1.70. The van der Waals surface area contributed by atoms with Crippen molar-refractivity contribution < 1.29 is 9.59 Å². The molecule has 1 aromatic carbocycles. The average Bonchev–Trinajstić information content (AvgIpc) is 2.54. The molecule has 5 nitrogen and oxygen atoms in total. The summed E-state index contributed by atoms with van der Waals surface area (Å²) in [5.74, 6) is 0.516. The SMILES string of the molecule is CNCC(=O)NCC(=O)N1CCC(Cc2ccccc2)CC1. The zero-order chi connectivity index (χ0) is 15.8. The van der Waals surface area contributed by atoms with Crippen molar-refractivity contribution in [2.24, 2.45) is 5.92 Å². The lowest BCUT2D eigenvalue weighted by Crippen LogP contribution is -2.45. The van der Waals surface area contributed by atoms with E-state index in [9.17, 15) is 9.59 Å². The van der Waals surface area contributed by atoms with Gasteiger partial charge in [-0.3, -0.25) is 9.59 Å². The molecule has 2 rings (SSSR count).